The van der Waals surface area contributed by atoms with Gasteiger partial charge in [-0.05, 0) is 55.3 Å². The van der Waals surface area contributed by atoms with Crippen molar-refractivity contribution in [3.8, 4) is 11.5 Å². The normalized spacial score (nSPS) is 15.5. The highest BCUT2D eigenvalue weighted by molar-refractivity contribution is 8.00. The third-order valence-corrected chi connectivity index (χ3v) is 6.14. The number of sulfonamides is 1. The smallest absolute Gasteiger partial charge is 0.285 e. The third-order valence-electron chi connectivity index (χ3n) is 4.25. The number of benzene rings is 2. The van der Waals surface area contributed by atoms with Gasteiger partial charge in [-0.25, -0.2) is 0 Å². The van der Waals surface area contributed by atoms with E-state index in [4.69, 9.17) is 21.1 Å². The lowest BCUT2D eigenvalue weighted by Gasteiger charge is -2.13. The zero-order valence-electron chi connectivity index (χ0n) is 15.3. The Labute approximate surface area is 163 Å². The van der Waals surface area contributed by atoms with E-state index in [2.05, 4.69) is 9.71 Å². The molecule has 2 aromatic rings. The number of amidine groups is 1. The molecule has 0 unspecified atom stereocenters. The Bertz CT molecular complexity index is 1060. The van der Waals surface area contributed by atoms with Gasteiger partial charge in [-0.15, -0.1) is 4.40 Å². The van der Waals surface area contributed by atoms with Crippen LogP contribution in [-0.4, -0.2) is 28.5 Å². The summed E-state index contributed by atoms with van der Waals surface area (Å²) in [5, 5.41) is 3.62. The summed E-state index contributed by atoms with van der Waals surface area (Å²) in [4.78, 5) is 0.164. The molecule has 2 aromatic carbocycles. The van der Waals surface area contributed by atoms with Crippen molar-refractivity contribution in [3.63, 3.8) is 0 Å². The maximum absolute atomic E-state index is 12.6. The van der Waals surface area contributed by atoms with Crippen LogP contribution in [0.25, 0.3) is 4.91 Å². The first-order chi connectivity index (χ1) is 12.8. The number of ether oxygens (including phenoxy) is 2. The first-order valence-corrected chi connectivity index (χ1v) is 9.90. The van der Waals surface area contributed by atoms with Gasteiger partial charge in [-0.3, -0.25) is 0 Å². The van der Waals surface area contributed by atoms with E-state index < -0.39 is 10.0 Å². The average molecular weight is 407 g/mol. The van der Waals surface area contributed by atoms with E-state index in [1.165, 1.54) is 7.11 Å². The number of aryl methyl sites for hydroxylation is 1. The van der Waals surface area contributed by atoms with Crippen LogP contribution in [0.5, 0.6) is 11.5 Å². The molecular formula is C19H19ClN2O4S. The summed E-state index contributed by atoms with van der Waals surface area (Å²) in [5.41, 5.74) is 2.49. The second kappa shape index (κ2) is 7.25. The van der Waals surface area contributed by atoms with Crippen molar-refractivity contribution in [3.05, 3.63) is 58.1 Å². The summed E-state index contributed by atoms with van der Waals surface area (Å²) in [6.07, 6.45) is 0. The lowest BCUT2D eigenvalue weighted by Crippen LogP contribution is -2.12. The van der Waals surface area contributed by atoms with E-state index >= 15 is 0 Å². The summed E-state index contributed by atoms with van der Waals surface area (Å²) in [7, 11) is -0.746. The van der Waals surface area contributed by atoms with Crippen LogP contribution in [-0.2, 0) is 10.0 Å². The molecule has 1 N–H and O–H groups in total. The molecule has 8 heteroatoms. The van der Waals surface area contributed by atoms with Crippen LogP contribution >= 0.6 is 11.6 Å². The van der Waals surface area contributed by atoms with Crippen molar-refractivity contribution in [1.29, 1.82) is 0 Å². The van der Waals surface area contributed by atoms with Crippen LogP contribution < -0.4 is 14.8 Å². The van der Waals surface area contributed by atoms with Crippen LogP contribution in [0, 0.1) is 6.92 Å². The maximum atomic E-state index is 12.6. The number of halogens is 1. The van der Waals surface area contributed by atoms with Crippen molar-refractivity contribution in [2.24, 2.45) is 4.40 Å². The predicted molar refractivity (Wildman–Crippen MR) is 108 cm³/mol. The molecule has 27 heavy (non-hydrogen) atoms. The van der Waals surface area contributed by atoms with Crippen molar-refractivity contribution >= 4 is 38.1 Å². The van der Waals surface area contributed by atoms with Crippen molar-refractivity contribution in [2.45, 2.75) is 13.8 Å². The summed E-state index contributed by atoms with van der Waals surface area (Å²) in [6, 6.07) is 10.3. The molecule has 6 nitrogen and oxygen atoms in total. The Morgan fingerprint density at radius 2 is 1.70 bits per heavy atom. The minimum Gasteiger partial charge on any atom is -0.497 e. The first-order valence-electron chi connectivity index (χ1n) is 8.08. The Morgan fingerprint density at radius 1 is 1.04 bits per heavy atom. The van der Waals surface area contributed by atoms with Gasteiger partial charge in [0.15, 0.2) is 0 Å². The number of nitrogens with zero attached hydrogens (tertiary/aromatic N) is 1. The molecule has 0 spiro atoms. The second-order valence-electron chi connectivity index (χ2n) is 6.02. The molecule has 1 aliphatic rings. The topological polar surface area (TPSA) is 77.0 Å². The molecule has 0 atom stereocenters. The number of rotatable bonds is 4. The molecule has 3 rings (SSSR count). The van der Waals surface area contributed by atoms with Gasteiger partial charge in [-0.1, -0.05) is 11.6 Å². The summed E-state index contributed by atoms with van der Waals surface area (Å²) in [5.74, 6) is 1.39. The Kier molecular flexibility index (Phi) is 5.17. The van der Waals surface area contributed by atoms with Crippen molar-refractivity contribution in [1.82, 2.24) is 0 Å². The highest BCUT2D eigenvalue weighted by Gasteiger charge is 2.31. The fourth-order valence-corrected chi connectivity index (χ4v) is 4.40. The number of methoxy groups -OCH3 is 2. The molecule has 0 saturated heterocycles. The molecule has 1 aliphatic heterocycles. The average Bonchev–Trinajstić information content (AvgIpc) is 2.86. The van der Waals surface area contributed by atoms with Gasteiger partial charge in [0.2, 0.25) is 0 Å². The van der Waals surface area contributed by atoms with Gasteiger partial charge in [0.1, 0.15) is 22.2 Å². The molecular weight excluding hydrogens is 388 g/mol. The monoisotopic (exact) mass is 406 g/mol. The van der Waals surface area contributed by atoms with Crippen LogP contribution in [0.2, 0.25) is 5.02 Å². The molecule has 0 amide bonds. The van der Waals surface area contributed by atoms with Crippen molar-refractivity contribution < 1.29 is 17.9 Å². The lowest BCUT2D eigenvalue weighted by atomic mass is 10.1. The standard InChI is InChI=1S/C19H19ClN2O4S/c1-11-9-16(17(26-4)10-15(11)20)21-19-12(2)18(27(23,24)22-19)13-5-7-14(25-3)8-6-13/h5-10H,1-4H3,(H,21,22). The minimum atomic E-state index is -3.82. The van der Waals surface area contributed by atoms with E-state index in [9.17, 15) is 8.42 Å². The number of anilines is 1. The summed E-state index contributed by atoms with van der Waals surface area (Å²) >= 11 is 6.13. The van der Waals surface area contributed by atoms with Crippen LogP contribution in [0.4, 0.5) is 5.69 Å². The van der Waals surface area contributed by atoms with Gasteiger partial charge >= 0.3 is 0 Å². The van der Waals surface area contributed by atoms with Crippen LogP contribution in [0.3, 0.4) is 0 Å². The molecule has 142 valence electrons. The van der Waals surface area contributed by atoms with Gasteiger partial charge in [0.25, 0.3) is 10.0 Å². The Morgan fingerprint density at radius 3 is 2.30 bits per heavy atom. The van der Waals surface area contributed by atoms with Gasteiger partial charge in [0.05, 0.1) is 19.9 Å². The van der Waals surface area contributed by atoms with Crippen LogP contribution in [0.15, 0.2) is 46.4 Å². The molecule has 0 aliphatic carbocycles. The van der Waals surface area contributed by atoms with Crippen molar-refractivity contribution in [2.75, 3.05) is 19.5 Å². The fourth-order valence-electron chi connectivity index (χ4n) is 2.82. The summed E-state index contributed by atoms with van der Waals surface area (Å²) < 4.78 is 39.6. The quantitative estimate of drug-likeness (QED) is 0.821. The summed E-state index contributed by atoms with van der Waals surface area (Å²) in [6.45, 7) is 3.57. The number of nitrogens with one attached hydrogen (secondary N) is 1. The highest BCUT2D eigenvalue weighted by Crippen LogP contribution is 2.36. The molecule has 0 aromatic heterocycles. The largest absolute Gasteiger partial charge is 0.497 e. The van der Waals surface area contributed by atoms with E-state index in [1.54, 1.807) is 50.4 Å². The fraction of sp³-hybridized carbons (Fsp3) is 0.211. The zero-order chi connectivity index (χ0) is 19.8. The van der Waals surface area contributed by atoms with Gasteiger partial charge < -0.3 is 14.8 Å². The number of hydrogen-bond acceptors (Lipinski definition) is 5. The highest BCUT2D eigenvalue weighted by atomic mass is 35.5. The molecule has 1 heterocycles. The van der Waals surface area contributed by atoms with Crippen LogP contribution in [0.1, 0.15) is 18.1 Å². The Balaban J connectivity index is 2.02. The SMILES string of the molecule is COc1ccc(C2=C(C)C(Nc3cc(C)c(Cl)cc3OC)=NS2(=O)=O)cc1. The first kappa shape index (κ1) is 19.3. The molecule has 0 radical (unpaired) electrons. The Hall–Kier alpha value is -2.51. The zero-order valence-corrected chi connectivity index (χ0v) is 16.9. The van der Waals surface area contributed by atoms with E-state index in [1.807, 2.05) is 6.92 Å². The molecule has 0 bridgehead atoms. The number of hydrogen-bond donors (Lipinski definition) is 1. The van der Waals surface area contributed by atoms with Gasteiger partial charge in [-0.2, -0.15) is 8.42 Å². The van der Waals surface area contributed by atoms with E-state index in [-0.39, 0.29) is 10.7 Å². The molecule has 0 fully saturated rings. The van der Waals surface area contributed by atoms with Gasteiger partial charge in [0, 0.05) is 16.7 Å². The van der Waals surface area contributed by atoms with E-state index in [0.717, 1.165) is 5.56 Å². The predicted octanol–water partition coefficient (Wildman–Crippen LogP) is 4.25. The minimum absolute atomic E-state index is 0.164. The molecule has 0 saturated carbocycles. The lowest BCUT2D eigenvalue weighted by molar-refractivity contribution is 0.415. The van der Waals surface area contributed by atoms with E-state index in [0.29, 0.717) is 33.3 Å². The second-order valence-corrected chi connectivity index (χ2v) is 7.97. The maximum Gasteiger partial charge on any atom is 0.285 e. The third kappa shape index (κ3) is 3.65.